The third-order valence-corrected chi connectivity index (χ3v) is 4.19. The lowest BCUT2D eigenvalue weighted by atomic mass is 10.0. The molecule has 0 aliphatic rings. The summed E-state index contributed by atoms with van der Waals surface area (Å²) in [4.78, 5) is 16.5. The van der Waals surface area contributed by atoms with E-state index < -0.39 is 0 Å². The minimum absolute atomic E-state index is 0.130. The molecule has 0 spiro atoms. The zero-order valence-electron chi connectivity index (χ0n) is 15.1. The van der Waals surface area contributed by atoms with Crippen LogP contribution in [0.1, 0.15) is 23.0 Å². The molecule has 6 nitrogen and oxygen atoms in total. The number of carbonyl (C=O) groups is 1. The Balaban J connectivity index is 1.63. The van der Waals surface area contributed by atoms with Crippen molar-refractivity contribution in [2.75, 3.05) is 6.54 Å². The fourth-order valence-corrected chi connectivity index (χ4v) is 2.64. The van der Waals surface area contributed by atoms with Gasteiger partial charge < -0.3 is 10.1 Å². The number of rotatable bonds is 6. The van der Waals surface area contributed by atoms with E-state index in [4.69, 9.17) is 4.74 Å². The molecule has 0 radical (unpaired) electrons. The van der Waals surface area contributed by atoms with Gasteiger partial charge >= 0.3 is 0 Å². The summed E-state index contributed by atoms with van der Waals surface area (Å²) in [7, 11) is 1.90. The Bertz CT molecular complexity index is 890. The fourth-order valence-electron chi connectivity index (χ4n) is 2.64. The van der Waals surface area contributed by atoms with Gasteiger partial charge in [-0.1, -0.05) is 12.1 Å². The minimum Gasteiger partial charge on any atom is -0.487 e. The van der Waals surface area contributed by atoms with Gasteiger partial charge in [-0.05, 0) is 43.7 Å². The summed E-state index contributed by atoms with van der Waals surface area (Å²) in [6.07, 6.45) is 5.00. The van der Waals surface area contributed by atoms with E-state index in [9.17, 15) is 4.79 Å². The summed E-state index contributed by atoms with van der Waals surface area (Å²) in [5.74, 6) is 0.554. The van der Waals surface area contributed by atoms with Gasteiger partial charge in [0.2, 0.25) is 0 Å². The summed E-state index contributed by atoms with van der Waals surface area (Å²) in [6, 6.07) is 11.2. The van der Waals surface area contributed by atoms with Gasteiger partial charge in [0, 0.05) is 30.1 Å². The quantitative estimate of drug-likeness (QED) is 0.742. The van der Waals surface area contributed by atoms with Gasteiger partial charge in [-0.2, -0.15) is 5.10 Å². The molecule has 0 saturated carbocycles. The molecule has 1 unspecified atom stereocenters. The molecule has 26 heavy (non-hydrogen) atoms. The second-order valence-corrected chi connectivity index (χ2v) is 6.18. The molecule has 1 amide bonds. The van der Waals surface area contributed by atoms with Crippen LogP contribution in [0.25, 0.3) is 11.1 Å². The summed E-state index contributed by atoms with van der Waals surface area (Å²) in [5.41, 5.74) is 3.67. The van der Waals surface area contributed by atoms with Crippen LogP contribution in [-0.2, 0) is 7.05 Å². The molecule has 0 fully saturated rings. The standard InChI is InChI=1S/C20H22N4O2/c1-14(26-18-8-5-9-21-12-18)11-22-20(25)17-7-4-6-16(10-17)19-13-23-24(3)15(19)2/h4-10,12-14H,11H2,1-3H3,(H,22,25). The first kappa shape index (κ1) is 17.7. The molecule has 2 aromatic heterocycles. The van der Waals surface area contributed by atoms with Crippen molar-refractivity contribution in [2.24, 2.45) is 7.05 Å². The number of aryl methyl sites for hydroxylation is 1. The fraction of sp³-hybridized carbons (Fsp3) is 0.250. The number of hydrogen-bond donors (Lipinski definition) is 1. The molecule has 3 rings (SSSR count). The van der Waals surface area contributed by atoms with Gasteiger partial charge in [-0.25, -0.2) is 0 Å². The molecule has 134 valence electrons. The molecule has 6 heteroatoms. The van der Waals surface area contributed by atoms with Crippen LogP contribution in [0, 0.1) is 6.92 Å². The number of benzene rings is 1. The lowest BCUT2D eigenvalue weighted by molar-refractivity contribution is 0.0932. The maximum Gasteiger partial charge on any atom is 0.251 e. The largest absolute Gasteiger partial charge is 0.487 e. The van der Waals surface area contributed by atoms with E-state index in [1.165, 1.54) is 0 Å². The average Bonchev–Trinajstić information content (AvgIpc) is 2.99. The Labute approximate surface area is 152 Å². The van der Waals surface area contributed by atoms with E-state index in [0.717, 1.165) is 16.8 Å². The van der Waals surface area contributed by atoms with Crippen LogP contribution in [0.2, 0.25) is 0 Å². The maximum absolute atomic E-state index is 12.5. The van der Waals surface area contributed by atoms with Crippen LogP contribution >= 0.6 is 0 Å². The number of nitrogens with zero attached hydrogens (tertiary/aromatic N) is 3. The molecule has 0 aliphatic heterocycles. The number of aromatic nitrogens is 3. The topological polar surface area (TPSA) is 69.0 Å². The van der Waals surface area contributed by atoms with Crippen molar-refractivity contribution in [1.82, 2.24) is 20.1 Å². The van der Waals surface area contributed by atoms with Crippen molar-refractivity contribution in [2.45, 2.75) is 20.0 Å². The number of hydrogen-bond acceptors (Lipinski definition) is 4. The zero-order valence-corrected chi connectivity index (χ0v) is 15.1. The summed E-state index contributed by atoms with van der Waals surface area (Å²) < 4.78 is 7.54. The van der Waals surface area contributed by atoms with Crippen LogP contribution in [0.15, 0.2) is 55.0 Å². The Kier molecular flexibility index (Phi) is 5.31. The van der Waals surface area contributed by atoms with Crippen LogP contribution < -0.4 is 10.1 Å². The van der Waals surface area contributed by atoms with Gasteiger partial charge in [0.05, 0.1) is 18.9 Å². The molecule has 0 saturated heterocycles. The highest BCUT2D eigenvalue weighted by Gasteiger charge is 2.12. The molecule has 1 atom stereocenters. The molecular formula is C20H22N4O2. The van der Waals surface area contributed by atoms with Crippen molar-refractivity contribution >= 4 is 5.91 Å². The predicted molar refractivity (Wildman–Crippen MR) is 100 cm³/mol. The third kappa shape index (κ3) is 4.08. The van der Waals surface area contributed by atoms with Crippen molar-refractivity contribution < 1.29 is 9.53 Å². The van der Waals surface area contributed by atoms with E-state index in [0.29, 0.717) is 17.9 Å². The monoisotopic (exact) mass is 350 g/mol. The summed E-state index contributed by atoms with van der Waals surface area (Å²) >= 11 is 0. The van der Waals surface area contributed by atoms with E-state index in [2.05, 4.69) is 15.4 Å². The Morgan fingerprint density at radius 1 is 1.27 bits per heavy atom. The van der Waals surface area contributed by atoms with Gasteiger partial charge in [0.15, 0.2) is 0 Å². The minimum atomic E-state index is -0.160. The summed E-state index contributed by atoms with van der Waals surface area (Å²) in [6.45, 7) is 4.32. The molecule has 0 bridgehead atoms. The van der Waals surface area contributed by atoms with Crippen molar-refractivity contribution in [3.8, 4) is 16.9 Å². The second kappa shape index (κ2) is 7.82. The smallest absolute Gasteiger partial charge is 0.251 e. The Morgan fingerprint density at radius 2 is 2.12 bits per heavy atom. The molecule has 3 aromatic rings. The zero-order chi connectivity index (χ0) is 18.5. The van der Waals surface area contributed by atoms with Crippen LogP contribution in [0.4, 0.5) is 0 Å². The normalized spacial score (nSPS) is 11.8. The Morgan fingerprint density at radius 3 is 2.81 bits per heavy atom. The van der Waals surface area contributed by atoms with E-state index in [1.54, 1.807) is 18.5 Å². The van der Waals surface area contributed by atoms with Crippen LogP contribution in [0.5, 0.6) is 5.75 Å². The lowest BCUT2D eigenvalue weighted by Crippen LogP contribution is -2.33. The van der Waals surface area contributed by atoms with Crippen molar-refractivity contribution in [3.05, 3.63) is 66.2 Å². The highest BCUT2D eigenvalue weighted by Crippen LogP contribution is 2.23. The van der Waals surface area contributed by atoms with E-state index in [-0.39, 0.29) is 12.0 Å². The van der Waals surface area contributed by atoms with E-state index >= 15 is 0 Å². The third-order valence-electron chi connectivity index (χ3n) is 4.19. The van der Waals surface area contributed by atoms with Crippen molar-refractivity contribution in [3.63, 3.8) is 0 Å². The highest BCUT2D eigenvalue weighted by atomic mass is 16.5. The predicted octanol–water partition coefficient (Wildman–Crippen LogP) is 2.99. The average molecular weight is 350 g/mol. The number of pyridine rings is 1. The molecule has 1 aromatic carbocycles. The number of amides is 1. The molecular weight excluding hydrogens is 328 g/mol. The van der Waals surface area contributed by atoms with Crippen LogP contribution in [-0.4, -0.2) is 33.3 Å². The van der Waals surface area contributed by atoms with Gasteiger partial charge in [0.25, 0.3) is 5.91 Å². The summed E-state index contributed by atoms with van der Waals surface area (Å²) in [5, 5.41) is 7.17. The van der Waals surface area contributed by atoms with Crippen molar-refractivity contribution in [1.29, 1.82) is 0 Å². The maximum atomic E-state index is 12.5. The number of ether oxygens (including phenoxy) is 1. The van der Waals surface area contributed by atoms with Gasteiger partial charge in [-0.15, -0.1) is 0 Å². The van der Waals surface area contributed by atoms with E-state index in [1.807, 2.05) is 62.1 Å². The second-order valence-electron chi connectivity index (χ2n) is 6.18. The molecule has 0 aliphatic carbocycles. The highest BCUT2D eigenvalue weighted by molar-refractivity contribution is 5.95. The van der Waals surface area contributed by atoms with Crippen LogP contribution in [0.3, 0.4) is 0 Å². The first-order valence-corrected chi connectivity index (χ1v) is 8.48. The molecule has 1 N–H and O–H groups in total. The van der Waals surface area contributed by atoms with Gasteiger partial charge in [-0.3, -0.25) is 14.5 Å². The number of carbonyl (C=O) groups excluding carboxylic acids is 1. The van der Waals surface area contributed by atoms with Gasteiger partial charge in [0.1, 0.15) is 11.9 Å². The lowest BCUT2D eigenvalue weighted by Gasteiger charge is -2.15. The number of nitrogens with one attached hydrogen (secondary N) is 1. The SMILES string of the molecule is Cc1c(-c2cccc(C(=O)NCC(C)Oc3cccnc3)c2)cnn1C. The first-order valence-electron chi connectivity index (χ1n) is 8.48. The molecule has 2 heterocycles. The first-order chi connectivity index (χ1) is 12.5. The Hall–Kier alpha value is -3.15.